The number of carbonyl (C=O) groups is 4. The summed E-state index contributed by atoms with van der Waals surface area (Å²) in [5.41, 5.74) is 0.797. The number of nitrogens with one attached hydrogen (secondary N) is 1. The van der Waals surface area contributed by atoms with Gasteiger partial charge in [-0.25, -0.2) is 13.6 Å². The Morgan fingerprint density at radius 1 is 1.06 bits per heavy atom. The number of benzene rings is 1. The quantitative estimate of drug-likeness (QED) is 0.294. The van der Waals surface area contributed by atoms with E-state index in [-0.39, 0.29) is 48.1 Å². The Bertz CT molecular complexity index is 1010. The molecule has 2 atom stereocenters. The zero-order valence-electron chi connectivity index (χ0n) is 17.4. The highest BCUT2D eigenvalue weighted by Crippen LogP contribution is 2.34. The number of primary sulfonamides is 1. The topological polar surface area (TPSA) is 153 Å². The SMILES string of the molecule is NS(=O)(=O)c1ccc(CCNC(=O)COC(=O)CCN2C(=O)[C@H]3CC=CC[C@@H]3C2=O)cc1. The normalized spacial score (nSPS) is 20.2. The zero-order valence-corrected chi connectivity index (χ0v) is 18.2. The minimum atomic E-state index is -3.75. The lowest BCUT2D eigenvalue weighted by Gasteiger charge is -2.14. The number of amides is 3. The van der Waals surface area contributed by atoms with Gasteiger partial charge in [-0.1, -0.05) is 24.3 Å². The van der Waals surface area contributed by atoms with Crippen LogP contribution in [-0.2, 0) is 40.4 Å². The molecule has 3 rings (SSSR count). The van der Waals surface area contributed by atoms with Gasteiger partial charge in [-0.05, 0) is 37.0 Å². The lowest BCUT2D eigenvalue weighted by atomic mass is 9.85. The van der Waals surface area contributed by atoms with Gasteiger partial charge in [0.2, 0.25) is 21.8 Å². The molecule has 0 unspecified atom stereocenters. The van der Waals surface area contributed by atoms with Crippen LogP contribution in [0.2, 0.25) is 0 Å². The van der Waals surface area contributed by atoms with Crippen molar-refractivity contribution in [3.8, 4) is 0 Å². The first-order chi connectivity index (χ1) is 15.2. The molecule has 0 spiro atoms. The molecule has 1 heterocycles. The molecule has 3 N–H and O–H groups in total. The van der Waals surface area contributed by atoms with Gasteiger partial charge in [0.1, 0.15) is 0 Å². The van der Waals surface area contributed by atoms with E-state index in [1.54, 1.807) is 12.1 Å². The van der Waals surface area contributed by atoms with Crippen molar-refractivity contribution in [2.24, 2.45) is 17.0 Å². The Morgan fingerprint density at radius 3 is 2.22 bits per heavy atom. The summed E-state index contributed by atoms with van der Waals surface area (Å²) in [5, 5.41) is 7.63. The standard InChI is InChI=1S/C21H25N3O7S/c22-32(29,30)15-7-5-14(6-8-15)9-11-23-18(25)13-31-19(26)10-12-24-20(27)16-3-1-2-4-17(16)21(24)28/h1-2,5-8,16-17H,3-4,9-13H2,(H,23,25)(H2,22,29,30)/t16-,17-/m0/s1. The summed E-state index contributed by atoms with van der Waals surface area (Å²) in [6, 6.07) is 5.96. The first-order valence-corrected chi connectivity index (χ1v) is 11.8. The summed E-state index contributed by atoms with van der Waals surface area (Å²) in [6.45, 7) is -0.265. The first-order valence-electron chi connectivity index (χ1n) is 10.2. The summed E-state index contributed by atoms with van der Waals surface area (Å²) >= 11 is 0. The van der Waals surface area contributed by atoms with E-state index in [9.17, 15) is 27.6 Å². The average Bonchev–Trinajstić information content (AvgIpc) is 3.00. The number of nitrogens with zero attached hydrogens (tertiary/aromatic N) is 1. The lowest BCUT2D eigenvalue weighted by molar-refractivity contribution is -0.149. The summed E-state index contributed by atoms with van der Waals surface area (Å²) in [5.74, 6) is -2.37. The van der Waals surface area contributed by atoms with Crippen molar-refractivity contribution in [2.45, 2.75) is 30.6 Å². The van der Waals surface area contributed by atoms with Gasteiger partial charge in [-0.3, -0.25) is 24.1 Å². The number of esters is 1. The van der Waals surface area contributed by atoms with Crippen molar-refractivity contribution in [2.75, 3.05) is 19.7 Å². The molecule has 0 radical (unpaired) electrons. The Labute approximate surface area is 185 Å². The fraction of sp³-hybridized carbons (Fsp3) is 0.429. The molecule has 1 aromatic carbocycles. The number of carbonyl (C=O) groups excluding carboxylic acids is 4. The summed E-state index contributed by atoms with van der Waals surface area (Å²) < 4.78 is 27.4. The Balaban J connectivity index is 1.34. The molecule has 3 amide bonds. The number of ether oxygens (including phenoxy) is 1. The van der Waals surface area contributed by atoms with Crippen molar-refractivity contribution in [1.29, 1.82) is 0 Å². The maximum absolute atomic E-state index is 12.4. The van der Waals surface area contributed by atoms with Gasteiger partial charge in [0.25, 0.3) is 5.91 Å². The molecule has 0 saturated carbocycles. The van der Waals surface area contributed by atoms with Gasteiger partial charge < -0.3 is 10.1 Å². The Hall–Kier alpha value is -3.05. The van der Waals surface area contributed by atoms with Gasteiger partial charge in [0, 0.05) is 13.1 Å². The van der Waals surface area contributed by atoms with Crippen molar-refractivity contribution < 1.29 is 32.3 Å². The number of imide groups is 1. The number of hydrogen-bond donors (Lipinski definition) is 2. The number of allylic oxidation sites excluding steroid dienone is 2. The molecule has 2 aliphatic rings. The van der Waals surface area contributed by atoms with Crippen molar-refractivity contribution in [3.63, 3.8) is 0 Å². The van der Waals surface area contributed by atoms with Gasteiger partial charge in [0.15, 0.2) is 6.61 Å². The highest BCUT2D eigenvalue weighted by molar-refractivity contribution is 7.89. The molecule has 0 aromatic heterocycles. The zero-order chi connectivity index (χ0) is 23.3. The predicted molar refractivity (Wildman–Crippen MR) is 112 cm³/mol. The van der Waals surface area contributed by atoms with Crippen molar-refractivity contribution >= 4 is 33.7 Å². The summed E-state index contributed by atoms with van der Waals surface area (Å²) in [4.78, 5) is 49.6. The fourth-order valence-corrected chi connectivity index (χ4v) is 4.27. The van der Waals surface area contributed by atoms with E-state index in [0.29, 0.717) is 19.3 Å². The van der Waals surface area contributed by atoms with Crippen LogP contribution < -0.4 is 10.5 Å². The smallest absolute Gasteiger partial charge is 0.308 e. The summed E-state index contributed by atoms with van der Waals surface area (Å²) in [6.07, 6.45) is 5.12. The second-order valence-electron chi connectivity index (χ2n) is 7.68. The highest BCUT2D eigenvalue weighted by atomic mass is 32.2. The third-order valence-electron chi connectivity index (χ3n) is 5.49. The number of nitrogens with two attached hydrogens (primary N) is 1. The number of fused-ring (bicyclic) bond motifs is 1. The van der Waals surface area contributed by atoms with Crippen LogP contribution in [0.5, 0.6) is 0 Å². The molecule has 1 saturated heterocycles. The number of sulfonamides is 1. The lowest BCUT2D eigenvalue weighted by Crippen LogP contribution is -2.34. The third-order valence-corrected chi connectivity index (χ3v) is 6.42. The second kappa shape index (κ2) is 10.0. The van der Waals surface area contributed by atoms with E-state index < -0.39 is 28.5 Å². The van der Waals surface area contributed by atoms with Crippen LogP contribution in [0.4, 0.5) is 0 Å². The van der Waals surface area contributed by atoms with E-state index in [1.807, 2.05) is 12.2 Å². The van der Waals surface area contributed by atoms with Gasteiger partial charge in [-0.2, -0.15) is 0 Å². The van der Waals surface area contributed by atoms with Crippen LogP contribution in [-0.4, -0.2) is 56.7 Å². The Morgan fingerprint density at radius 2 is 1.66 bits per heavy atom. The minimum absolute atomic E-state index is 0.00459. The average molecular weight is 464 g/mol. The van der Waals surface area contributed by atoms with E-state index in [1.165, 1.54) is 12.1 Å². The molecular weight excluding hydrogens is 438 g/mol. The van der Waals surface area contributed by atoms with E-state index in [2.05, 4.69) is 5.32 Å². The van der Waals surface area contributed by atoms with Crippen LogP contribution in [0.15, 0.2) is 41.3 Å². The molecule has 10 nitrogen and oxygen atoms in total. The molecule has 1 aromatic rings. The van der Waals surface area contributed by atoms with Crippen LogP contribution in [0.1, 0.15) is 24.8 Å². The molecule has 1 aliphatic heterocycles. The monoisotopic (exact) mass is 463 g/mol. The molecule has 11 heteroatoms. The van der Waals surface area contributed by atoms with Gasteiger partial charge >= 0.3 is 5.97 Å². The van der Waals surface area contributed by atoms with E-state index in [4.69, 9.17) is 9.88 Å². The van der Waals surface area contributed by atoms with Crippen molar-refractivity contribution in [1.82, 2.24) is 10.2 Å². The predicted octanol–water partition coefficient (Wildman–Crippen LogP) is -0.123. The molecule has 172 valence electrons. The fourth-order valence-electron chi connectivity index (χ4n) is 3.75. The number of likely N-dealkylation sites (tertiary alicyclic amines) is 1. The minimum Gasteiger partial charge on any atom is -0.456 e. The van der Waals surface area contributed by atoms with Crippen LogP contribution in [0.25, 0.3) is 0 Å². The number of rotatable bonds is 9. The molecule has 1 aliphatic carbocycles. The third kappa shape index (κ3) is 5.80. The van der Waals surface area contributed by atoms with Crippen LogP contribution in [0.3, 0.4) is 0 Å². The largest absolute Gasteiger partial charge is 0.456 e. The molecule has 0 bridgehead atoms. The van der Waals surface area contributed by atoms with Crippen LogP contribution >= 0.6 is 0 Å². The Kier molecular flexibility index (Phi) is 7.41. The maximum Gasteiger partial charge on any atom is 0.308 e. The molecule has 1 fully saturated rings. The number of hydrogen-bond acceptors (Lipinski definition) is 7. The van der Waals surface area contributed by atoms with Crippen LogP contribution in [0, 0.1) is 11.8 Å². The summed E-state index contributed by atoms with van der Waals surface area (Å²) in [7, 11) is -3.75. The maximum atomic E-state index is 12.4. The highest BCUT2D eigenvalue weighted by Gasteiger charge is 2.46. The van der Waals surface area contributed by atoms with E-state index in [0.717, 1.165) is 10.5 Å². The molecular formula is C21H25N3O7S. The first kappa shape index (κ1) is 23.6. The van der Waals surface area contributed by atoms with Gasteiger partial charge in [-0.15, -0.1) is 0 Å². The van der Waals surface area contributed by atoms with Gasteiger partial charge in [0.05, 0.1) is 23.2 Å². The van der Waals surface area contributed by atoms with E-state index >= 15 is 0 Å². The second-order valence-corrected chi connectivity index (χ2v) is 9.24. The molecule has 32 heavy (non-hydrogen) atoms. The van der Waals surface area contributed by atoms with Crippen molar-refractivity contribution in [3.05, 3.63) is 42.0 Å².